The number of sulfone groups is 1. The number of rotatable bonds is 3. The third kappa shape index (κ3) is 3.89. The Morgan fingerprint density at radius 2 is 1.84 bits per heavy atom. The van der Waals surface area contributed by atoms with Crippen molar-refractivity contribution in [1.82, 2.24) is 9.97 Å². The second-order valence-corrected chi connectivity index (χ2v) is 7.76. The molecule has 1 aromatic rings. The molecule has 0 aromatic carbocycles. The molecule has 2 unspecified atom stereocenters. The summed E-state index contributed by atoms with van der Waals surface area (Å²) in [7, 11) is -2.95. The number of hydrogen-bond acceptors (Lipinski definition) is 5. The van der Waals surface area contributed by atoms with E-state index < -0.39 is 9.84 Å². The Bertz CT molecular complexity index is 537. The predicted molar refractivity (Wildman–Crippen MR) is 76.0 cm³/mol. The topological polar surface area (TPSA) is 72.0 Å². The second kappa shape index (κ2) is 5.45. The maximum atomic E-state index is 11.6. The van der Waals surface area contributed by atoms with Crippen molar-refractivity contribution < 1.29 is 8.42 Å². The Morgan fingerprint density at radius 3 is 2.42 bits per heavy atom. The van der Waals surface area contributed by atoms with Crippen LogP contribution in [0.3, 0.4) is 0 Å². The molecule has 2 atom stereocenters. The summed E-state index contributed by atoms with van der Waals surface area (Å²) in [5.41, 5.74) is 1.84. The van der Waals surface area contributed by atoms with Crippen LogP contribution in [0.5, 0.6) is 0 Å². The van der Waals surface area contributed by atoms with E-state index in [-0.39, 0.29) is 11.3 Å². The number of anilines is 1. The fraction of sp³-hybridized carbons (Fsp3) is 0.692. The van der Waals surface area contributed by atoms with Gasteiger partial charge in [0, 0.05) is 23.7 Å². The molecule has 0 amide bonds. The van der Waals surface area contributed by atoms with E-state index in [0.717, 1.165) is 30.7 Å². The van der Waals surface area contributed by atoms with Crippen molar-refractivity contribution in [3.63, 3.8) is 0 Å². The van der Waals surface area contributed by atoms with Crippen LogP contribution in [0.2, 0.25) is 0 Å². The lowest BCUT2D eigenvalue weighted by Crippen LogP contribution is -2.34. The quantitative estimate of drug-likeness (QED) is 0.916. The van der Waals surface area contributed by atoms with Gasteiger partial charge in [-0.3, -0.25) is 0 Å². The molecule has 106 valence electrons. The van der Waals surface area contributed by atoms with Crippen molar-refractivity contribution in [1.29, 1.82) is 0 Å². The predicted octanol–water partition coefficient (Wildman–Crippen LogP) is 1.86. The first-order valence-corrected chi connectivity index (χ1v) is 8.58. The summed E-state index contributed by atoms with van der Waals surface area (Å²) in [6.07, 6.45) is 4.65. The summed E-state index contributed by atoms with van der Waals surface area (Å²) in [6.45, 7) is 3.86. The molecule has 1 saturated carbocycles. The summed E-state index contributed by atoms with van der Waals surface area (Å²) in [5.74, 6) is 0.608. The van der Waals surface area contributed by atoms with Crippen molar-refractivity contribution in [2.24, 2.45) is 0 Å². The maximum Gasteiger partial charge on any atom is 0.223 e. The van der Waals surface area contributed by atoms with Crippen LogP contribution in [0.4, 0.5) is 5.95 Å². The summed E-state index contributed by atoms with van der Waals surface area (Å²) in [4.78, 5) is 8.69. The molecule has 0 saturated heterocycles. The van der Waals surface area contributed by atoms with Gasteiger partial charge in [0.15, 0.2) is 0 Å². The standard InChI is InChI=1S/C13H21N3O2S/c1-9-7-10(2)15-13(14-9)16-11-5-4-6-12(8-11)19(3,17)18/h7,11-12H,4-6,8H2,1-3H3,(H,14,15,16). The molecule has 0 spiro atoms. The van der Waals surface area contributed by atoms with E-state index in [0.29, 0.717) is 12.4 Å². The number of aryl methyl sites for hydroxylation is 2. The molecular weight excluding hydrogens is 262 g/mol. The minimum atomic E-state index is -2.95. The molecule has 19 heavy (non-hydrogen) atoms. The first kappa shape index (κ1) is 14.2. The monoisotopic (exact) mass is 283 g/mol. The van der Waals surface area contributed by atoms with Crippen molar-refractivity contribution >= 4 is 15.8 Å². The molecule has 0 radical (unpaired) electrons. The highest BCUT2D eigenvalue weighted by atomic mass is 32.2. The summed E-state index contributed by atoms with van der Waals surface area (Å²) in [6, 6.07) is 2.07. The third-order valence-electron chi connectivity index (χ3n) is 3.55. The van der Waals surface area contributed by atoms with Gasteiger partial charge in [0.1, 0.15) is 9.84 Å². The number of nitrogens with one attached hydrogen (secondary N) is 1. The van der Waals surface area contributed by atoms with Crippen LogP contribution < -0.4 is 5.32 Å². The minimum absolute atomic E-state index is 0.148. The number of nitrogens with zero attached hydrogens (tertiary/aromatic N) is 2. The molecule has 1 aliphatic rings. The van der Waals surface area contributed by atoms with Gasteiger partial charge >= 0.3 is 0 Å². The summed E-state index contributed by atoms with van der Waals surface area (Å²) >= 11 is 0. The van der Waals surface area contributed by atoms with Crippen molar-refractivity contribution in [2.75, 3.05) is 11.6 Å². The Hall–Kier alpha value is -1.17. The Morgan fingerprint density at radius 1 is 1.21 bits per heavy atom. The van der Waals surface area contributed by atoms with Crippen molar-refractivity contribution in [3.05, 3.63) is 17.5 Å². The van der Waals surface area contributed by atoms with Crippen LogP contribution in [0, 0.1) is 13.8 Å². The lowest BCUT2D eigenvalue weighted by molar-refractivity contribution is 0.451. The first-order valence-electron chi connectivity index (χ1n) is 6.62. The van der Waals surface area contributed by atoms with Gasteiger partial charge in [-0.1, -0.05) is 6.42 Å². The van der Waals surface area contributed by atoms with Gasteiger partial charge in [0.25, 0.3) is 0 Å². The fourth-order valence-corrected chi connectivity index (χ4v) is 3.81. The van der Waals surface area contributed by atoms with E-state index >= 15 is 0 Å². The normalized spacial score (nSPS) is 24.2. The maximum absolute atomic E-state index is 11.6. The minimum Gasteiger partial charge on any atom is -0.351 e. The van der Waals surface area contributed by atoms with Gasteiger partial charge in [-0.2, -0.15) is 0 Å². The lowest BCUT2D eigenvalue weighted by Gasteiger charge is -2.28. The van der Waals surface area contributed by atoms with E-state index in [1.807, 2.05) is 19.9 Å². The summed E-state index contributed by atoms with van der Waals surface area (Å²) < 4.78 is 23.3. The highest BCUT2D eigenvalue weighted by molar-refractivity contribution is 7.91. The SMILES string of the molecule is Cc1cc(C)nc(NC2CCCC(S(C)(=O)=O)C2)n1. The molecule has 1 aliphatic carbocycles. The van der Waals surface area contributed by atoms with Crippen LogP contribution in [-0.2, 0) is 9.84 Å². The van der Waals surface area contributed by atoms with Crippen molar-refractivity contribution in [2.45, 2.75) is 50.8 Å². The van der Waals surface area contributed by atoms with E-state index in [1.165, 1.54) is 6.26 Å². The van der Waals surface area contributed by atoms with E-state index in [4.69, 9.17) is 0 Å². The van der Waals surface area contributed by atoms with E-state index in [2.05, 4.69) is 15.3 Å². The van der Waals surface area contributed by atoms with Crippen LogP contribution in [0.1, 0.15) is 37.1 Å². The highest BCUT2D eigenvalue weighted by Crippen LogP contribution is 2.25. The zero-order chi connectivity index (χ0) is 14.0. The lowest BCUT2D eigenvalue weighted by atomic mass is 9.95. The molecule has 1 N–H and O–H groups in total. The molecule has 6 heteroatoms. The van der Waals surface area contributed by atoms with Gasteiger partial charge in [0.05, 0.1) is 5.25 Å². The number of hydrogen-bond donors (Lipinski definition) is 1. The largest absolute Gasteiger partial charge is 0.351 e. The van der Waals surface area contributed by atoms with Gasteiger partial charge in [-0.25, -0.2) is 18.4 Å². The third-order valence-corrected chi connectivity index (χ3v) is 5.19. The average molecular weight is 283 g/mol. The zero-order valence-electron chi connectivity index (χ0n) is 11.7. The molecule has 5 nitrogen and oxygen atoms in total. The molecule has 1 fully saturated rings. The van der Waals surface area contributed by atoms with Gasteiger partial charge < -0.3 is 5.32 Å². The van der Waals surface area contributed by atoms with Crippen LogP contribution >= 0.6 is 0 Å². The number of aromatic nitrogens is 2. The molecule has 0 aliphatic heterocycles. The Balaban J connectivity index is 2.06. The van der Waals surface area contributed by atoms with E-state index in [1.54, 1.807) is 0 Å². The molecule has 1 aromatic heterocycles. The van der Waals surface area contributed by atoms with Crippen molar-refractivity contribution in [3.8, 4) is 0 Å². The second-order valence-electron chi connectivity index (χ2n) is 5.43. The average Bonchev–Trinajstić information content (AvgIpc) is 2.26. The Labute approximate surface area is 114 Å². The molecule has 2 rings (SSSR count). The zero-order valence-corrected chi connectivity index (χ0v) is 12.5. The van der Waals surface area contributed by atoms with Gasteiger partial charge in [-0.15, -0.1) is 0 Å². The molecular formula is C13H21N3O2S. The van der Waals surface area contributed by atoms with Crippen LogP contribution in [-0.4, -0.2) is 35.9 Å². The van der Waals surface area contributed by atoms with E-state index in [9.17, 15) is 8.42 Å². The summed E-state index contributed by atoms with van der Waals surface area (Å²) in [5, 5.41) is 3.05. The molecule has 1 heterocycles. The highest BCUT2D eigenvalue weighted by Gasteiger charge is 2.29. The van der Waals surface area contributed by atoms with Gasteiger partial charge in [0.2, 0.25) is 5.95 Å². The van der Waals surface area contributed by atoms with Crippen LogP contribution in [0.15, 0.2) is 6.07 Å². The Kier molecular flexibility index (Phi) is 4.08. The van der Waals surface area contributed by atoms with Gasteiger partial charge in [-0.05, 0) is 39.2 Å². The smallest absolute Gasteiger partial charge is 0.223 e. The molecule has 0 bridgehead atoms. The first-order chi connectivity index (χ1) is 8.84. The fourth-order valence-electron chi connectivity index (χ4n) is 2.64. The van der Waals surface area contributed by atoms with Crippen LogP contribution in [0.25, 0.3) is 0 Å².